The monoisotopic (exact) mass is 1090 g/mol. The fraction of sp³-hybridized carbons (Fsp3) is 0.833. The van der Waals surface area contributed by atoms with Crippen LogP contribution < -0.4 is 5.32 Å². The van der Waals surface area contributed by atoms with Gasteiger partial charge < -0.3 is 20.3 Å². The lowest BCUT2D eigenvalue weighted by atomic mass is 10.0. The van der Waals surface area contributed by atoms with Crippen molar-refractivity contribution in [1.29, 1.82) is 0 Å². The van der Waals surface area contributed by atoms with E-state index in [1.54, 1.807) is 6.08 Å². The minimum Gasteiger partial charge on any atom is -0.466 e. The van der Waals surface area contributed by atoms with E-state index in [4.69, 9.17) is 4.74 Å². The number of unbranched alkanes of at least 4 members (excludes halogenated alkanes) is 45. The predicted octanol–water partition coefficient (Wildman–Crippen LogP) is 22.3. The molecule has 0 aromatic rings. The van der Waals surface area contributed by atoms with Crippen molar-refractivity contribution in [3.63, 3.8) is 0 Å². The number of rotatable bonds is 64. The Hall–Kier alpha value is -2.44. The molecule has 0 rings (SSSR count). The van der Waals surface area contributed by atoms with Gasteiger partial charge in [0.15, 0.2) is 0 Å². The maximum atomic E-state index is 12.5. The van der Waals surface area contributed by atoms with Crippen LogP contribution in [-0.2, 0) is 14.3 Å². The lowest BCUT2D eigenvalue weighted by molar-refractivity contribution is -0.143. The van der Waals surface area contributed by atoms with Crippen LogP contribution in [0.4, 0.5) is 0 Å². The van der Waals surface area contributed by atoms with E-state index in [1.807, 2.05) is 6.08 Å². The highest BCUT2D eigenvalue weighted by atomic mass is 16.5. The fourth-order valence-electron chi connectivity index (χ4n) is 10.5. The summed E-state index contributed by atoms with van der Waals surface area (Å²) in [6, 6.07) is -0.634. The number of carbonyl (C=O) groups excluding carboxylic acids is 2. The number of nitrogens with one attached hydrogen (secondary N) is 1. The molecule has 0 aromatic heterocycles. The van der Waals surface area contributed by atoms with E-state index in [1.165, 1.54) is 276 Å². The number of allylic oxidation sites excluding steroid dienone is 9. The average molecular weight is 1090 g/mol. The van der Waals surface area contributed by atoms with Crippen LogP contribution in [0.3, 0.4) is 0 Å². The molecule has 0 spiro atoms. The molecule has 3 N–H and O–H groups in total. The van der Waals surface area contributed by atoms with Gasteiger partial charge in [0, 0.05) is 12.8 Å². The number of amides is 1. The number of hydrogen-bond acceptors (Lipinski definition) is 5. The second-order valence-electron chi connectivity index (χ2n) is 23.5. The molecule has 2 unspecified atom stereocenters. The van der Waals surface area contributed by atoms with Crippen LogP contribution in [0.15, 0.2) is 60.8 Å². The predicted molar refractivity (Wildman–Crippen MR) is 342 cm³/mol. The summed E-state index contributed by atoms with van der Waals surface area (Å²) in [6.45, 7) is 4.89. The Labute approximate surface area is 486 Å². The van der Waals surface area contributed by atoms with Gasteiger partial charge >= 0.3 is 5.97 Å². The van der Waals surface area contributed by atoms with Gasteiger partial charge in [0.2, 0.25) is 5.91 Å². The molecule has 0 aromatic carbocycles. The van der Waals surface area contributed by atoms with Gasteiger partial charge in [-0.3, -0.25) is 9.59 Å². The van der Waals surface area contributed by atoms with Crippen molar-refractivity contribution in [2.45, 2.75) is 373 Å². The second kappa shape index (κ2) is 67.1. The first-order chi connectivity index (χ1) is 38.5. The molecule has 0 aliphatic carbocycles. The van der Waals surface area contributed by atoms with Crippen molar-refractivity contribution in [2.75, 3.05) is 13.2 Å². The Balaban J connectivity index is 3.45. The van der Waals surface area contributed by atoms with Crippen LogP contribution in [0, 0.1) is 0 Å². The quantitative estimate of drug-likeness (QED) is 0.0320. The van der Waals surface area contributed by atoms with Gasteiger partial charge in [0.05, 0.1) is 25.4 Å². The molecule has 0 bridgehead atoms. The lowest BCUT2D eigenvalue weighted by Gasteiger charge is -2.20. The largest absolute Gasteiger partial charge is 0.466 e. The third-order valence-electron chi connectivity index (χ3n) is 15.8. The van der Waals surface area contributed by atoms with Gasteiger partial charge in [0.1, 0.15) is 0 Å². The standard InChI is InChI=1S/C72H133NO5/c1-3-5-7-9-11-13-15-17-19-21-29-34-38-42-46-50-54-58-62-66-72(77)78-67-63-59-55-51-47-43-39-35-31-28-26-24-22-23-25-27-30-33-37-41-45-49-53-57-61-65-71(76)73-69(68-74)70(75)64-60-56-52-48-44-40-36-32-20-18-16-14-12-10-8-6-4-2/h11,13,17,19,23-26,60,64,69-70,74-75H,3-10,12,14-16,18,20-22,27-59,61-63,65-68H2,1-2H3,(H,73,76)/b13-11-,19-17-,25-23-,26-24-,64-60+. The van der Waals surface area contributed by atoms with E-state index < -0.39 is 12.1 Å². The van der Waals surface area contributed by atoms with Crippen LogP contribution in [0.2, 0.25) is 0 Å². The molecule has 78 heavy (non-hydrogen) atoms. The summed E-state index contributed by atoms with van der Waals surface area (Å²) in [4.78, 5) is 24.6. The number of ether oxygens (including phenoxy) is 1. The van der Waals surface area contributed by atoms with Crippen LogP contribution in [-0.4, -0.2) is 47.4 Å². The van der Waals surface area contributed by atoms with Gasteiger partial charge in [-0.05, 0) is 96.3 Å². The number of aliphatic hydroxyl groups excluding tert-OH is 2. The molecule has 0 fully saturated rings. The molecule has 0 radical (unpaired) electrons. The summed E-state index contributed by atoms with van der Waals surface area (Å²) >= 11 is 0. The van der Waals surface area contributed by atoms with E-state index in [9.17, 15) is 19.8 Å². The zero-order valence-electron chi connectivity index (χ0n) is 52.1. The Bertz CT molecular complexity index is 1350. The Morgan fingerprint density at radius 2 is 0.641 bits per heavy atom. The first-order valence-electron chi connectivity index (χ1n) is 34.6. The van der Waals surface area contributed by atoms with Crippen molar-refractivity contribution in [3.05, 3.63) is 60.8 Å². The van der Waals surface area contributed by atoms with Gasteiger partial charge in [-0.2, -0.15) is 0 Å². The Morgan fingerprint density at radius 3 is 1.00 bits per heavy atom. The van der Waals surface area contributed by atoms with E-state index in [-0.39, 0.29) is 18.5 Å². The normalized spacial score (nSPS) is 12.9. The topological polar surface area (TPSA) is 95.9 Å². The SMILES string of the molecule is CCCCC/C=C\C/C=C\CCCCCCCCCCCC(=O)OCCCCCCCCCCC/C=C\C/C=C\CCCCCCCCCCCC(=O)NC(CO)C(O)/C=C/CCCCCCCCCCCCCCCCC. The maximum Gasteiger partial charge on any atom is 0.305 e. The zero-order valence-corrected chi connectivity index (χ0v) is 52.1. The minimum absolute atomic E-state index is 0.00463. The number of hydrogen-bond donors (Lipinski definition) is 3. The summed E-state index contributed by atoms with van der Waals surface area (Å²) in [5, 5.41) is 23.2. The van der Waals surface area contributed by atoms with Crippen molar-refractivity contribution >= 4 is 11.9 Å². The second-order valence-corrected chi connectivity index (χ2v) is 23.5. The highest BCUT2D eigenvalue weighted by Crippen LogP contribution is 2.17. The summed E-state index contributed by atoms with van der Waals surface area (Å²) < 4.78 is 5.50. The molecular weight excluding hydrogens is 959 g/mol. The van der Waals surface area contributed by atoms with Gasteiger partial charge in [-0.25, -0.2) is 0 Å². The number of esters is 1. The lowest BCUT2D eigenvalue weighted by Crippen LogP contribution is -2.45. The first-order valence-corrected chi connectivity index (χ1v) is 34.6. The molecule has 0 aliphatic rings. The van der Waals surface area contributed by atoms with Crippen LogP contribution in [0.5, 0.6) is 0 Å². The van der Waals surface area contributed by atoms with Gasteiger partial charge in [-0.15, -0.1) is 0 Å². The molecule has 0 saturated carbocycles. The molecule has 6 nitrogen and oxygen atoms in total. The summed E-state index contributed by atoms with van der Waals surface area (Å²) in [6.07, 6.45) is 88.5. The molecule has 0 aliphatic heterocycles. The molecule has 6 heteroatoms. The molecule has 2 atom stereocenters. The Morgan fingerprint density at radius 1 is 0.359 bits per heavy atom. The van der Waals surface area contributed by atoms with Crippen LogP contribution in [0.1, 0.15) is 361 Å². The molecule has 0 saturated heterocycles. The maximum absolute atomic E-state index is 12.5. The molecule has 1 amide bonds. The van der Waals surface area contributed by atoms with Crippen molar-refractivity contribution in [2.24, 2.45) is 0 Å². The van der Waals surface area contributed by atoms with E-state index in [0.29, 0.717) is 19.4 Å². The summed E-state index contributed by atoms with van der Waals surface area (Å²) in [7, 11) is 0. The third-order valence-corrected chi connectivity index (χ3v) is 15.8. The average Bonchev–Trinajstić information content (AvgIpc) is 3.44. The van der Waals surface area contributed by atoms with Crippen molar-refractivity contribution < 1.29 is 24.5 Å². The molecular formula is C72H133NO5. The Kier molecular flexibility index (Phi) is 65.0. The van der Waals surface area contributed by atoms with Crippen LogP contribution >= 0.6 is 0 Å². The smallest absolute Gasteiger partial charge is 0.305 e. The summed E-state index contributed by atoms with van der Waals surface area (Å²) in [5.41, 5.74) is 0. The van der Waals surface area contributed by atoms with E-state index in [2.05, 4.69) is 67.8 Å². The summed E-state index contributed by atoms with van der Waals surface area (Å²) in [5.74, 6) is -0.0681. The van der Waals surface area contributed by atoms with E-state index >= 15 is 0 Å². The van der Waals surface area contributed by atoms with Crippen LogP contribution in [0.25, 0.3) is 0 Å². The van der Waals surface area contributed by atoms with Gasteiger partial charge in [-0.1, -0.05) is 312 Å². The molecule has 456 valence electrons. The third kappa shape index (κ3) is 62.8. The van der Waals surface area contributed by atoms with Crippen molar-refractivity contribution in [3.8, 4) is 0 Å². The highest BCUT2D eigenvalue weighted by Gasteiger charge is 2.18. The van der Waals surface area contributed by atoms with E-state index in [0.717, 1.165) is 57.8 Å². The van der Waals surface area contributed by atoms with Gasteiger partial charge in [0.25, 0.3) is 0 Å². The first kappa shape index (κ1) is 75.6. The fourth-order valence-corrected chi connectivity index (χ4v) is 10.5. The zero-order chi connectivity index (χ0) is 56.4. The minimum atomic E-state index is -0.850. The number of aliphatic hydroxyl groups is 2. The van der Waals surface area contributed by atoms with Crippen molar-refractivity contribution in [1.82, 2.24) is 5.32 Å². The highest BCUT2D eigenvalue weighted by molar-refractivity contribution is 5.76. The number of carbonyl (C=O) groups is 2. The molecule has 0 heterocycles.